The van der Waals surface area contributed by atoms with Crippen molar-refractivity contribution in [2.45, 2.75) is 51.6 Å². The minimum atomic E-state index is -0.230. The molecule has 1 aliphatic carbocycles. The number of aryl methyl sites for hydroxylation is 1. The van der Waals surface area contributed by atoms with E-state index < -0.39 is 0 Å². The fraction of sp³-hybridized carbons (Fsp3) is 0.611. The van der Waals surface area contributed by atoms with Gasteiger partial charge in [-0.05, 0) is 51.2 Å². The fourth-order valence-electron chi connectivity index (χ4n) is 3.22. The Balaban J connectivity index is 2.13. The van der Waals surface area contributed by atoms with Crippen LogP contribution in [0.3, 0.4) is 0 Å². The van der Waals surface area contributed by atoms with Crippen molar-refractivity contribution in [1.82, 2.24) is 10.2 Å². The highest BCUT2D eigenvalue weighted by Gasteiger charge is 2.27. The van der Waals surface area contributed by atoms with Crippen LogP contribution in [0, 0.1) is 0 Å². The van der Waals surface area contributed by atoms with Gasteiger partial charge in [-0.25, -0.2) is 0 Å². The molecule has 1 amide bonds. The summed E-state index contributed by atoms with van der Waals surface area (Å²) in [5, 5.41) is 12.4. The minimum absolute atomic E-state index is 0.0176. The normalized spacial score (nSPS) is 18.1. The van der Waals surface area contributed by atoms with Gasteiger partial charge in [-0.3, -0.25) is 9.69 Å². The molecule has 0 aromatic heterocycles. The SMILES string of the molecule is CC(C)(C)NC(=O)CN(CCO)C1CCCc2ccccc21. The highest BCUT2D eigenvalue weighted by Crippen LogP contribution is 2.33. The first-order valence-corrected chi connectivity index (χ1v) is 8.14. The zero-order valence-corrected chi connectivity index (χ0v) is 13.9. The van der Waals surface area contributed by atoms with Crippen LogP contribution >= 0.6 is 0 Å². The van der Waals surface area contributed by atoms with Gasteiger partial charge in [0.1, 0.15) is 0 Å². The Morgan fingerprint density at radius 1 is 1.36 bits per heavy atom. The van der Waals surface area contributed by atoms with E-state index in [1.807, 2.05) is 20.8 Å². The molecule has 0 saturated carbocycles. The predicted molar refractivity (Wildman–Crippen MR) is 88.7 cm³/mol. The second-order valence-electron chi connectivity index (χ2n) is 7.10. The third-order valence-electron chi connectivity index (χ3n) is 4.03. The van der Waals surface area contributed by atoms with Crippen LogP contribution < -0.4 is 5.32 Å². The Bertz CT molecular complexity index is 508. The maximum Gasteiger partial charge on any atom is 0.234 e. The van der Waals surface area contributed by atoms with Gasteiger partial charge < -0.3 is 10.4 Å². The number of carbonyl (C=O) groups is 1. The van der Waals surface area contributed by atoms with Crippen LogP contribution in [-0.4, -0.2) is 41.1 Å². The van der Waals surface area contributed by atoms with E-state index in [9.17, 15) is 9.90 Å². The van der Waals surface area contributed by atoms with E-state index in [0.717, 1.165) is 19.3 Å². The number of aliphatic hydroxyl groups is 1. The summed E-state index contributed by atoms with van der Waals surface area (Å²) in [7, 11) is 0. The zero-order valence-electron chi connectivity index (χ0n) is 13.9. The Labute approximate surface area is 133 Å². The first-order valence-electron chi connectivity index (χ1n) is 8.14. The van der Waals surface area contributed by atoms with Gasteiger partial charge in [0, 0.05) is 18.1 Å². The van der Waals surface area contributed by atoms with Crippen molar-refractivity contribution in [1.29, 1.82) is 0 Å². The van der Waals surface area contributed by atoms with Crippen molar-refractivity contribution in [3.63, 3.8) is 0 Å². The molecule has 122 valence electrons. The quantitative estimate of drug-likeness (QED) is 0.877. The van der Waals surface area contributed by atoms with Crippen molar-refractivity contribution in [2.75, 3.05) is 19.7 Å². The molecular weight excluding hydrogens is 276 g/mol. The lowest BCUT2D eigenvalue weighted by molar-refractivity contribution is -0.124. The average molecular weight is 304 g/mol. The lowest BCUT2D eigenvalue weighted by Crippen LogP contribution is -2.47. The summed E-state index contributed by atoms with van der Waals surface area (Å²) in [6.07, 6.45) is 3.28. The number of hydrogen-bond acceptors (Lipinski definition) is 3. The molecule has 0 aliphatic heterocycles. The van der Waals surface area contributed by atoms with Crippen LogP contribution in [0.5, 0.6) is 0 Å². The molecule has 4 heteroatoms. The minimum Gasteiger partial charge on any atom is -0.395 e. The summed E-state index contributed by atoms with van der Waals surface area (Å²) in [5.74, 6) is 0.0176. The van der Waals surface area contributed by atoms with E-state index >= 15 is 0 Å². The smallest absolute Gasteiger partial charge is 0.234 e. The van der Waals surface area contributed by atoms with E-state index in [4.69, 9.17) is 0 Å². The van der Waals surface area contributed by atoms with Crippen LogP contribution in [0.25, 0.3) is 0 Å². The fourth-order valence-corrected chi connectivity index (χ4v) is 3.22. The van der Waals surface area contributed by atoms with E-state index in [1.165, 1.54) is 11.1 Å². The van der Waals surface area contributed by atoms with Crippen molar-refractivity contribution < 1.29 is 9.90 Å². The lowest BCUT2D eigenvalue weighted by Gasteiger charge is -2.35. The summed E-state index contributed by atoms with van der Waals surface area (Å²) in [4.78, 5) is 14.4. The Morgan fingerprint density at radius 3 is 2.77 bits per heavy atom. The number of fused-ring (bicyclic) bond motifs is 1. The number of amides is 1. The maximum absolute atomic E-state index is 12.3. The maximum atomic E-state index is 12.3. The van der Waals surface area contributed by atoms with Gasteiger partial charge in [-0.15, -0.1) is 0 Å². The van der Waals surface area contributed by atoms with Gasteiger partial charge in [-0.1, -0.05) is 24.3 Å². The molecule has 1 aliphatic rings. The van der Waals surface area contributed by atoms with Crippen LogP contribution in [0.1, 0.15) is 50.8 Å². The highest BCUT2D eigenvalue weighted by molar-refractivity contribution is 5.78. The van der Waals surface area contributed by atoms with Crippen molar-refractivity contribution >= 4 is 5.91 Å². The number of nitrogens with zero attached hydrogens (tertiary/aromatic N) is 1. The molecule has 0 radical (unpaired) electrons. The highest BCUT2D eigenvalue weighted by atomic mass is 16.3. The number of rotatable bonds is 5. The lowest BCUT2D eigenvalue weighted by atomic mass is 9.86. The van der Waals surface area contributed by atoms with E-state index in [1.54, 1.807) is 0 Å². The molecule has 0 heterocycles. The molecular formula is C18H28N2O2. The van der Waals surface area contributed by atoms with Gasteiger partial charge in [0.05, 0.1) is 13.2 Å². The van der Waals surface area contributed by atoms with Gasteiger partial charge in [0.25, 0.3) is 0 Å². The number of nitrogens with one attached hydrogen (secondary N) is 1. The van der Waals surface area contributed by atoms with Crippen LogP contribution in [0.4, 0.5) is 0 Å². The van der Waals surface area contributed by atoms with Crippen LogP contribution in [0.2, 0.25) is 0 Å². The molecule has 1 unspecified atom stereocenters. The summed E-state index contributed by atoms with van der Waals surface area (Å²) in [6.45, 7) is 6.88. The molecule has 0 spiro atoms. The molecule has 2 N–H and O–H groups in total. The van der Waals surface area contributed by atoms with Crippen LogP contribution in [-0.2, 0) is 11.2 Å². The first-order chi connectivity index (χ1) is 10.4. The molecule has 4 nitrogen and oxygen atoms in total. The second-order valence-corrected chi connectivity index (χ2v) is 7.10. The standard InChI is InChI=1S/C18H28N2O2/c1-18(2,3)19-17(22)13-20(11-12-21)16-10-6-8-14-7-4-5-9-15(14)16/h4-5,7,9,16,21H,6,8,10-13H2,1-3H3,(H,19,22). The van der Waals surface area contributed by atoms with E-state index in [-0.39, 0.29) is 24.1 Å². The first kappa shape index (κ1) is 17.0. The summed E-state index contributed by atoms with van der Waals surface area (Å²) < 4.78 is 0. The van der Waals surface area contributed by atoms with E-state index in [0.29, 0.717) is 13.1 Å². The Hall–Kier alpha value is -1.39. The molecule has 22 heavy (non-hydrogen) atoms. The van der Waals surface area contributed by atoms with Gasteiger partial charge in [0.2, 0.25) is 5.91 Å². The molecule has 2 rings (SSSR count). The van der Waals surface area contributed by atoms with E-state index in [2.05, 4.69) is 34.5 Å². The van der Waals surface area contributed by atoms with Crippen molar-refractivity contribution in [3.05, 3.63) is 35.4 Å². The largest absolute Gasteiger partial charge is 0.395 e. The van der Waals surface area contributed by atoms with Crippen LogP contribution in [0.15, 0.2) is 24.3 Å². The third kappa shape index (κ3) is 4.55. The molecule has 1 atom stereocenters. The average Bonchev–Trinajstić information content (AvgIpc) is 2.44. The molecule has 0 saturated heterocycles. The zero-order chi connectivity index (χ0) is 16.2. The van der Waals surface area contributed by atoms with Gasteiger partial charge in [-0.2, -0.15) is 0 Å². The van der Waals surface area contributed by atoms with Crippen molar-refractivity contribution in [3.8, 4) is 0 Å². The molecule has 0 fully saturated rings. The Morgan fingerprint density at radius 2 is 2.09 bits per heavy atom. The number of carbonyl (C=O) groups excluding carboxylic acids is 1. The topological polar surface area (TPSA) is 52.6 Å². The monoisotopic (exact) mass is 304 g/mol. The second kappa shape index (κ2) is 7.25. The van der Waals surface area contributed by atoms with Gasteiger partial charge in [0.15, 0.2) is 0 Å². The van der Waals surface area contributed by atoms with Gasteiger partial charge >= 0.3 is 0 Å². The number of hydrogen-bond donors (Lipinski definition) is 2. The Kier molecular flexibility index (Phi) is 5.59. The van der Waals surface area contributed by atoms with Crippen molar-refractivity contribution in [2.24, 2.45) is 0 Å². The summed E-state index contributed by atoms with van der Waals surface area (Å²) >= 11 is 0. The predicted octanol–water partition coefficient (Wildman–Crippen LogP) is 2.27. The third-order valence-corrected chi connectivity index (χ3v) is 4.03. The summed E-state index contributed by atoms with van der Waals surface area (Å²) in [6, 6.07) is 8.69. The number of benzene rings is 1. The summed E-state index contributed by atoms with van der Waals surface area (Å²) in [5.41, 5.74) is 2.45. The molecule has 0 bridgehead atoms. The molecule has 1 aromatic carbocycles. The number of aliphatic hydroxyl groups excluding tert-OH is 1. The molecule has 1 aromatic rings.